The van der Waals surface area contributed by atoms with E-state index in [1.165, 1.54) is 6.07 Å². The predicted molar refractivity (Wildman–Crippen MR) is 151 cm³/mol. The molecule has 1 amide bonds. The average Bonchev–Trinajstić information content (AvgIpc) is 3.06. The van der Waals surface area contributed by atoms with Gasteiger partial charge in [0, 0.05) is 5.69 Å². The molecule has 1 N–H and O–H groups in total. The van der Waals surface area contributed by atoms with Crippen molar-refractivity contribution in [2.75, 3.05) is 29.6 Å². The van der Waals surface area contributed by atoms with Crippen molar-refractivity contribution in [1.82, 2.24) is 0 Å². The van der Waals surface area contributed by atoms with Crippen molar-refractivity contribution in [1.29, 1.82) is 5.26 Å². The number of nitriles is 1. The number of anilines is 2. The number of carbonyl (C=O) groups excluding carboxylic acids is 1. The summed E-state index contributed by atoms with van der Waals surface area (Å²) in [4.78, 5) is 26.6. The smallest absolute Gasteiger partial charge is 0.417 e. The van der Waals surface area contributed by atoms with Crippen molar-refractivity contribution < 1.29 is 37.3 Å². The van der Waals surface area contributed by atoms with Gasteiger partial charge >= 0.3 is 12.1 Å². The Hall–Kier alpha value is -3.69. The number of hydrogen-bond acceptors (Lipinski definition) is 6. The summed E-state index contributed by atoms with van der Waals surface area (Å²) in [6.45, 7) is 4.10. The second kappa shape index (κ2) is 10.9. The standard InChI is InChI=1S/C30H30F3N3O5S/c1-28(2)26(39)35(22-4-3-20(14-34)24(9-22)30(31,32)33)27(42)36(28)21-5-7-23(8-6-21)41-16-19-12-29(13-19)10-18(11-29)15-40-17-25(37)38/h3-9,18-19H,10-13,15-17H2,1-2H3,(H,37,38). The average molecular weight is 602 g/mol. The summed E-state index contributed by atoms with van der Waals surface area (Å²) in [7, 11) is 0. The Morgan fingerprint density at radius 1 is 1.07 bits per heavy atom. The van der Waals surface area contributed by atoms with Gasteiger partial charge in [-0.25, -0.2) is 4.79 Å². The molecular formula is C30H30F3N3O5S. The van der Waals surface area contributed by atoms with Gasteiger partial charge in [0.05, 0.1) is 36.1 Å². The highest BCUT2D eigenvalue weighted by Gasteiger charge is 2.53. The molecule has 2 aromatic carbocycles. The molecular weight excluding hydrogens is 571 g/mol. The molecule has 2 saturated carbocycles. The minimum atomic E-state index is -4.77. The van der Waals surface area contributed by atoms with Crippen molar-refractivity contribution in [2.24, 2.45) is 17.3 Å². The first-order valence-corrected chi connectivity index (χ1v) is 14.0. The Bertz CT molecular complexity index is 1440. The van der Waals surface area contributed by atoms with Crippen LogP contribution in [0.5, 0.6) is 5.75 Å². The van der Waals surface area contributed by atoms with Gasteiger partial charge in [-0.1, -0.05) is 0 Å². The zero-order valence-corrected chi connectivity index (χ0v) is 23.9. The highest BCUT2D eigenvalue weighted by atomic mass is 32.1. The molecule has 2 aromatic rings. The number of ether oxygens (including phenoxy) is 2. The molecule has 0 radical (unpaired) electrons. The van der Waals surface area contributed by atoms with E-state index in [4.69, 9.17) is 32.1 Å². The SMILES string of the molecule is CC1(C)C(=O)N(c2ccc(C#N)c(C(F)(F)F)c2)C(=S)N1c1ccc(OCC2CC3(CC(COCC(=O)O)C3)C2)cc1. The van der Waals surface area contributed by atoms with Gasteiger partial charge in [0.2, 0.25) is 0 Å². The van der Waals surface area contributed by atoms with Crippen molar-refractivity contribution in [3.05, 3.63) is 53.6 Å². The first-order valence-electron chi connectivity index (χ1n) is 13.6. The van der Waals surface area contributed by atoms with E-state index in [1.54, 1.807) is 49.1 Å². The van der Waals surface area contributed by atoms with Crippen molar-refractivity contribution in [3.8, 4) is 11.8 Å². The maximum Gasteiger partial charge on any atom is 0.417 e. The van der Waals surface area contributed by atoms with Crippen LogP contribution >= 0.6 is 12.2 Å². The second-order valence-corrected chi connectivity index (χ2v) is 12.3. The van der Waals surface area contributed by atoms with Crippen LogP contribution in [-0.4, -0.2) is 47.5 Å². The number of carboxylic acids is 1. The third-order valence-corrected chi connectivity index (χ3v) is 8.77. The quantitative estimate of drug-likeness (QED) is 0.361. The molecule has 0 aromatic heterocycles. The normalized spacial score (nSPS) is 24.8. The fourth-order valence-electron chi connectivity index (χ4n) is 6.58. The van der Waals surface area contributed by atoms with E-state index in [-0.39, 0.29) is 17.4 Å². The number of aliphatic carboxylic acids is 1. The second-order valence-electron chi connectivity index (χ2n) is 11.9. The molecule has 0 unspecified atom stereocenters. The molecule has 2 aliphatic carbocycles. The first kappa shape index (κ1) is 29.8. The Morgan fingerprint density at radius 2 is 1.67 bits per heavy atom. The van der Waals surface area contributed by atoms with Crippen LogP contribution in [0.3, 0.4) is 0 Å². The van der Waals surface area contributed by atoms with Crippen LogP contribution in [0.25, 0.3) is 0 Å². The Balaban J connectivity index is 1.19. The molecule has 1 saturated heterocycles. The number of amides is 1. The summed E-state index contributed by atoms with van der Waals surface area (Å²) in [5, 5.41) is 17.8. The third-order valence-electron chi connectivity index (χ3n) is 8.40. The van der Waals surface area contributed by atoms with Gasteiger partial charge in [-0.05, 0) is 111 Å². The maximum atomic E-state index is 13.6. The first-order chi connectivity index (χ1) is 19.7. The highest BCUT2D eigenvalue weighted by molar-refractivity contribution is 7.81. The summed E-state index contributed by atoms with van der Waals surface area (Å²) in [5.74, 6) is 0.0748. The lowest BCUT2D eigenvalue weighted by Crippen LogP contribution is -2.50. The van der Waals surface area contributed by atoms with E-state index in [0.29, 0.717) is 41.9 Å². The van der Waals surface area contributed by atoms with Crippen LogP contribution in [0.15, 0.2) is 42.5 Å². The number of benzene rings is 2. The molecule has 1 spiro atoms. The van der Waals surface area contributed by atoms with Crippen LogP contribution in [-0.2, 0) is 20.5 Å². The number of rotatable bonds is 9. The zero-order chi connectivity index (χ0) is 30.4. The number of nitrogens with zero attached hydrogens (tertiary/aromatic N) is 3. The fourth-order valence-corrected chi connectivity index (χ4v) is 7.10. The van der Waals surface area contributed by atoms with Gasteiger partial charge in [-0.3, -0.25) is 9.69 Å². The van der Waals surface area contributed by atoms with Crippen LogP contribution < -0.4 is 14.5 Å². The van der Waals surface area contributed by atoms with Gasteiger partial charge in [0.1, 0.15) is 17.9 Å². The molecule has 42 heavy (non-hydrogen) atoms. The van der Waals surface area contributed by atoms with Crippen LogP contribution in [0.4, 0.5) is 24.5 Å². The van der Waals surface area contributed by atoms with Crippen LogP contribution in [0, 0.1) is 28.6 Å². The minimum absolute atomic E-state index is 0.0310. The van der Waals surface area contributed by atoms with E-state index >= 15 is 0 Å². The van der Waals surface area contributed by atoms with Gasteiger partial charge in [-0.15, -0.1) is 0 Å². The predicted octanol–water partition coefficient (Wildman–Crippen LogP) is 5.78. The molecule has 3 fully saturated rings. The number of hydrogen-bond donors (Lipinski definition) is 1. The third kappa shape index (κ3) is 5.55. The molecule has 222 valence electrons. The Kier molecular flexibility index (Phi) is 7.70. The van der Waals surface area contributed by atoms with E-state index < -0.39 is 34.7 Å². The lowest BCUT2D eigenvalue weighted by Gasteiger charge is -2.57. The van der Waals surface area contributed by atoms with E-state index in [9.17, 15) is 22.8 Å². The lowest BCUT2D eigenvalue weighted by molar-refractivity contribution is -0.146. The zero-order valence-electron chi connectivity index (χ0n) is 23.1. The Morgan fingerprint density at radius 3 is 2.24 bits per heavy atom. The monoisotopic (exact) mass is 601 g/mol. The van der Waals surface area contributed by atoms with Crippen LogP contribution in [0.2, 0.25) is 0 Å². The molecule has 3 aliphatic rings. The van der Waals surface area contributed by atoms with Gasteiger partial charge in [0.15, 0.2) is 5.11 Å². The number of carboxylic acid groups (broad SMARTS) is 1. The lowest BCUT2D eigenvalue weighted by atomic mass is 9.48. The summed E-state index contributed by atoms with van der Waals surface area (Å²) in [5.41, 5.74) is -1.98. The molecule has 8 nitrogen and oxygen atoms in total. The number of thiocarbonyl (C=S) groups is 1. The Labute approximate surface area is 246 Å². The molecule has 0 atom stereocenters. The number of carbonyl (C=O) groups is 2. The van der Waals surface area contributed by atoms with E-state index in [0.717, 1.165) is 42.7 Å². The van der Waals surface area contributed by atoms with Crippen molar-refractivity contribution in [2.45, 2.75) is 51.2 Å². The van der Waals surface area contributed by atoms with Crippen molar-refractivity contribution >= 4 is 40.6 Å². The maximum absolute atomic E-state index is 13.6. The summed E-state index contributed by atoms with van der Waals surface area (Å²) >= 11 is 5.59. The van der Waals surface area contributed by atoms with Gasteiger partial charge in [-0.2, -0.15) is 18.4 Å². The molecule has 1 heterocycles. The molecule has 12 heteroatoms. The van der Waals surface area contributed by atoms with E-state index in [2.05, 4.69) is 0 Å². The number of alkyl halides is 3. The number of halogens is 3. The largest absolute Gasteiger partial charge is 0.493 e. The summed E-state index contributed by atoms with van der Waals surface area (Å²) in [6.07, 6.45) is -0.520. The minimum Gasteiger partial charge on any atom is -0.493 e. The van der Waals surface area contributed by atoms with Crippen molar-refractivity contribution in [3.63, 3.8) is 0 Å². The summed E-state index contributed by atoms with van der Waals surface area (Å²) in [6, 6.07) is 11.7. The van der Waals surface area contributed by atoms with Crippen LogP contribution in [0.1, 0.15) is 50.7 Å². The van der Waals surface area contributed by atoms with Gasteiger partial charge in [0.25, 0.3) is 5.91 Å². The summed E-state index contributed by atoms with van der Waals surface area (Å²) < 4.78 is 51.9. The molecule has 5 rings (SSSR count). The molecule has 0 bridgehead atoms. The van der Waals surface area contributed by atoms with Gasteiger partial charge < -0.3 is 19.5 Å². The highest BCUT2D eigenvalue weighted by Crippen LogP contribution is 2.61. The van der Waals surface area contributed by atoms with E-state index in [1.807, 2.05) is 0 Å². The fraction of sp³-hybridized carbons (Fsp3) is 0.467. The molecule has 1 aliphatic heterocycles. The topological polar surface area (TPSA) is 103 Å².